The Morgan fingerprint density at radius 2 is 0.701 bits per heavy atom. The number of alkyl halides is 4. The fraction of sp³-hybridized carbons (Fsp3) is 0.388. The van der Waals surface area contributed by atoms with Crippen LogP contribution in [0.15, 0.2) is 227 Å². The Kier molecular flexibility index (Phi) is 41.7. The average molecular weight is 2410 g/mol. The number of benzene rings is 9. The summed E-state index contributed by atoms with van der Waals surface area (Å²) >= 11 is 24.8. The van der Waals surface area contributed by atoms with E-state index in [1.165, 1.54) is 72.4 Å². The Bertz CT molecular complexity index is 7040. The van der Waals surface area contributed by atoms with E-state index in [0.717, 1.165) is 104 Å². The fourth-order valence-electron chi connectivity index (χ4n) is 15.4. The number of pyridine rings is 5. The molecule has 0 aliphatic carbocycles. The maximum absolute atomic E-state index is 12.8. The molecular weight excluding hydrogens is 2270 g/mol. The van der Waals surface area contributed by atoms with Crippen LogP contribution < -0.4 is 11.5 Å². The van der Waals surface area contributed by atoms with Gasteiger partial charge < -0.3 is 11.5 Å². The molecular formula is C116H138Br7F3N14O4. The van der Waals surface area contributed by atoms with Gasteiger partial charge in [-0.15, -0.1) is 0 Å². The maximum atomic E-state index is 12.8. The Morgan fingerprint density at radius 1 is 0.368 bits per heavy atom. The highest BCUT2D eigenvalue weighted by Crippen LogP contribution is 2.44. The van der Waals surface area contributed by atoms with Crippen LogP contribution in [0.5, 0.6) is 0 Å². The highest BCUT2D eigenvalue weighted by atomic mass is 79.9. The molecule has 0 fully saturated rings. The number of azide groups is 1. The zero-order valence-electron chi connectivity index (χ0n) is 89.0. The summed E-state index contributed by atoms with van der Waals surface area (Å²) in [5, 5.41) is 32.3. The predicted octanol–water partition coefficient (Wildman–Crippen LogP) is 37.2. The zero-order chi connectivity index (χ0) is 109. The third kappa shape index (κ3) is 32.4. The van der Waals surface area contributed by atoms with Crippen LogP contribution in [0, 0.1) is 54.8 Å². The number of hydrogen-bond acceptors (Lipinski definition) is 14. The molecule has 0 unspecified atom stereocenters. The van der Waals surface area contributed by atoms with Crippen LogP contribution >= 0.6 is 112 Å². The lowest BCUT2D eigenvalue weighted by Crippen LogP contribution is -2.14. The van der Waals surface area contributed by atoms with E-state index in [4.69, 9.17) is 17.0 Å². The second-order valence-corrected chi connectivity index (χ2v) is 50.6. The molecule has 766 valence electrons. The molecule has 9 aromatic carbocycles. The number of fused-ring (bicyclic) bond motifs is 7. The standard InChI is InChI=1S/C16H14F3N3.C14H15Br2N.C14H15BrN4.C14H17BrN2.C14H16BrN.C11H14BrNO2.C11H16BrN.C11H15NO2.C11H16/c1-15(2,3)11-7-12-10(13-9(11)5-4-6-20-13)8-21-14(22-12)16(17,18)19;1-14(2,3)11-7-12(16)10(8-15)13-9(11)5-4-6-17-13;1-14(2,3)11-7-12(15)10(8-18-19-16)13-9(11)5-4-6-17-13;1-14(2,3)11-7-12(15)10(8-16)13-9(11)5-4-6-17-13;1-9-12(15)8-11(14(2,3)4)10-6-5-7-16-13(9)10;1-7-9(12)5-8(11(2,3)4)6-10(7)13(14)15;1-7-9(12)5-8(6-10(7)13)11(2,3)4;1-8-5-6-9(11(2,3)4)7-10(8)12(13)14;1-9-5-7-10(8-6-9)11(2,3)4/h4-8H,1-3H3;4-7H,8H2,1-3H3;4-7H,8H2,1-3H3;4-7H,8,16H2,1-3H3;5-8H,1-4H3;5-6H,1-4H3;5-6H,13H2,1-4H3;5-7H,1-4H3;5-8H,1-4H3. The molecule has 0 saturated heterocycles. The third-order valence-electron chi connectivity index (χ3n) is 24.1. The molecule has 15 aromatic rings. The predicted molar refractivity (Wildman–Crippen MR) is 622 cm³/mol. The summed E-state index contributed by atoms with van der Waals surface area (Å²) in [6, 6.07) is 52.5. The molecule has 0 radical (unpaired) electrons. The molecule has 0 amide bonds. The Hall–Kier alpha value is -9.61. The summed E-state index contributed by atoms with van der Waals surface area (Å²) in [6.45, 7) is 68.6. The highest BCUT2D eigenvalue weighted by Gasteiger charge is 2.36. The number of rotatable bonds is 6. The minimum Gasteiger partial charge on any atom is -0.398 e. The van der Waals surface area contributed by atoms with Gasteiger partial charge in [-0.05, 0) is 235 Å². The highest BCUT2D eigenvalue weighted by molar-refractivity contribution is 9.11. The first kappa shape index (κ1) is 121. The number of nitro benzene ring substituents is 2. The van der Waals surface area contributed by atoms with Crippen molar-refractivity contribution in [2.45, 2.75) is 295 Å². The van der Waals surface area contributed by atoms with E-state index in [1.54, 1.807) is 50.5 Å². The van der Waals surface area contributed by atoms with E-state index in [-0.39, 0.29) is 75.5 Å². The van der Waals surface area contributed by atoms with Gasteiger partial charge in [0.25, 0.3) is 11.4 Å². The average Bonchev–Trinajstić information content (AvgIpc) is 0.565. The van der Waals surface area contributed by atoms with Crippen molar-refractivity contribution in [3.05, 3.63) is 353 Å². The van der Waals surface area contributed by atoms with E-state index in [1.807, 2.05) is 136 Å². The van der Waals surface area contributed by atoms with Gasteiger partial charge in [0.1, 0.15) is 0 Å². The Balaban J connectivity index is 0.000000221. The smallest absolute Gasteiger partial charge is 0.398 e. The van der Waals surface area contributed by atoms with Crippen LogP contribution in [0.2, 0.25) is 0 Å². The van der Waals surface area contributed by atoms with Crippen molar-refractivity contribution < 1.29 is 23.0 Å². The topological polar surface area (TPSA) is 277 Å². The van der Waals surface area contributed by atoms with Crippen LogP contribution in [0.1, 0.15) is 287 Å². The quantitative estimate of drug-likeness (QED) is 0.0229. The van der Waals surface area contributed by atoms with Gasteiger partial charge in [-0.25, -0.2) is 9.97 Å². The molecule has 0 atom stereocenters. The molecule has 0 aliphatic rings. The summed E-state index contributed by atoms with van der Waals surface area (Å²) in [7, 11) is 0. The van der Waals surface area contributed by atoms with Crippen molar-refractivity contribution in [1.29, 1.82) is 0 Å². The van der Waals surface area contributed by atoms with Crippen LogP contribution in [0.25, 0.3) is 75.9 Å². The molecule has 144 heavy (non-hydrogen) atoms. The first-order valence-electron chi connectivity index (χ1n) is 47.3. The number of nitrogens with zero attached hydrogens (tertiary/aromatic N) is 12. The molecule has 4 N–H and O–H groups in total. The van der Waals surface area contributed by atoms with Gasteiger partial charge in [0, 0.05) is 153 Å². The summed E-state index contributed by atoms with van der Waals surface area (Å²) in [5.41, 5.74) is 45.9. The van der Waals surface area contributed by atoms with Crippen molar-refractivity contribution >= 4 is 194 Å². The van der Waals surface area contributed by atoms with Crippen molar-refractivity contribution in [2.75, 3.05) is 5.73 Å². The second kappa shape index (κ2) is 49.5. The molecule has 6 aromatic heterocycles. The lowest BCUT2D eigenvalue weighted by molar-refractivity contribution is -0.385. The number of halogens is 10. The number of hydrogen-bond donors (Lipinski definition) is 2. The molecule has 15 rings (SSSR count). The molecule has 0 bridgehead atoms. The summed E-state index contributed by atoms with van der Waals surface area (Å²) in [5.74, 6) is -1.13. The lowest BCUT2D eigenvalue weighted by Gasteiger charge is -2.23. The molecule has 0 aliphatic heterocycles. The summed E-state index contributed by atoms with van der Waals surface area (Å²) in [4.78, 5) is 53.1. The van der Waals surface area contributed by atoms with E-state index >= 15 is 0 Å². The number of nitro groups is 2. The number of aryl methyl sites for hydroxylation is 3. The molecule has 0 saturated carbocycles. The first-order chi connectivity index (χ1) is 66.3. The minimum absolute atomic E-state index is 0.0286. The first-order valence-corrected chi connectivity index (χ1v) is 53.2. The van der Waals surface area contributed by atoms with Gasteiger partial charge in [0.2, 0.25) is 5.82 Å². The fourth-order valence-corrected chi connectivity index (χ4v) is 19.4. The van der Waals surface area contributed by atoms with E-state index in [9.17, 15) is 33.4 Å². The van der Waals surface area contributed by atoms with Gasteiger partial charge >= 0.3 is 6.18 Å². The van der Waals surface area contributed by atoms with Crippen LogP contribution in [-0.2, 0) is 73.3 Å². The van der Waals surface area contributed by atoms with Gasteiger partial charge in [-0.3, -0.25) is 45.1 Å². The van der Waals surface area contributed by atoms with Gasteiger partial charge in [0.05, 0.1) is 49.5 Å². The molecule has 18 nitrogen and oxygen atoms in total. The van der Waals surface area contributed by atoms with Crippen molar-refractivity contribution in [2.24, 2.45) is 10.8 Å². The normalized spacial score (nSPS) is 11.9. The molecule has 28 heteroatoms. The second-order valence-electron chi connectivity index (χ2n) is 44.9. The van der Waals surface area contributed by atoms with Gasteiger partial charge in [-0.2, -0.15) is 13.2 Å². The largest absolute Gasteiger partial charge is 0.451 e. The molecule has 6 heterocycles. The van der Waals surface area contributed by atoms with E-state index in [0.29, 0.717) is 35.1 Å². The van der Waals surface area contributed by atoms with Gasteiger partial charge in [0.15, 0.2) is 0 Å². The van der Waals surface area contributed by atoms with Crippen LogP contribution in [0.4, 0.5) is 30.2 Å². The minimum atomic E-state index is -4.56. The van der Waals surface area contributed by atoms with Gasteiger partial charge in [-0.1, -0.05) is 376 Å². The van der Waals surface area contributed by atoms with E-state index < -0.39 is 12.0 Å². The SMILES string of the molecule is CC(C)(C)c1cc(Br)c(CBr)c2ncccc12.CC(C)(C)c1cc(Br)c(CN)c2ncccc12.CC(C)(C)c1cc(Br)c(CN=[N+]=[N-])c2ncccc12.CC(C)(C)c1cc2nc(C(F)(F)F)ncc2c2ncccc12.Cc1c(Br)cc(C(C)(C)C)c2cccnc12.Cc1c(Br)cc(C(C)(C)C)cc1[N+](=O)[O-].Cc1c(N)cc(C(C)(C)C)cc1Br.Cc1ccc(C(C)(C)C)cc1.Cc1ccc(C(C)(C)C)cc1[N+](=O)[O-]. The number of aromatic nitrogens is 7. The molecule has 0 spiro atoms. The van der Waals surface area contributed by atoms with Crippen molar-refractivity contribution in [3.8, 4) is 0 Å². The third-order valence-corrected chi connectivity index (χ3v) is 29.3. The summed E-state index contributed by atoms with van der Waals surface area (Å²) < 4.78 is 44.6. The number of anilines is 1. The van der Waals surface area contributed by atoms with Crippen LogP contribution in [-0.4, -0.2) is 44.7 Å². The van der Waals surface area contributed by atoms with Crippen molar-refractivity contribution in [3.63, 3.8) is 0 Å². The summed E-state index contributed by atoms with van der Waals surface area (Å²) in [6.07, 6.45) is 5.55. The maximum Gasteiger partial charge on any atom is 0.451 e. The number of nitrogens with two attached hydrogens (primary N) is 2. The van der Waals surface area contributed by atoms with Crippen LogP contribution in [0.3, 0.4) is 0 Å². The Morgan fingerprint density at radius 3 is 1.08 bits per heavy atom. The Labute approximate surface area is 908 Å². The lowest BCUT2D eigenvalue weighted by atomic mass is 9.83. The monoisotopic (exact) mass is 2400 g/mol. The zero-order valence-corrected chi connectivity index (χ0v) is 100. The van der Waals surface area contributed by atoms with Crippen molar-refractivity contribution in [1.82, 2.24) is 34.9 Å². The van der Waals surface area contributed by atoms with E-state index in [2.05, 4.69) is 380 Å². The number of nitrogen functional groups attached to an aromatic ring is 1.